The Kier molecular flexibility index (Phi) is 7.65. The van der Waals surface area contributed by atoms with Gasteiger partial charge in [-0.05, 0) is 70.6 Å². The Bertz CT molecular complexity index is 890. The number of hydrogen-bond donors (Lipinski definition) is 2. The Hall–Kier alpha value is -2.34. The molecule has 0 saturated carbocycles. The number of rotatable bonds is 9. The Labute approximate surface area is 191 Å². The van der Waals surface area contributed by atoms with Crippen molar-refractivity contribution in [1.29, 1.82) is 0 Å². The summed E-state index contributed by atoms with van der Waals surface area (Å²) in [5.41, 5.74) is 14.3. The molecular formula is C26H38N2O4. The predicted molar refractivity (Wildman–Crippen MR) is 126 cm³/mol. The number of benzene rings is 1. The molecule has 0 aromatic heterocycles. The van der Waals surface area contributed by atoms with E-state index in [1.54, 1.807) is 0 Å². The van der Waals surface area contributed by atoms with E-state index in [9.17, 15) is 9.59 Å². The zero-order valence-electron chi connectivity index (χ0n) is 19.9. The molecular weight excluding hydrogens is 404 g/mol. The van der Waals surface area contributed by atoms with Crippen LogP contribution < -0.4 is 20.9 Å². The molecule has 0 saturated heterocycles. The molecule has 0 radical (unpaired) electrons. The van der Waals surface area contributed by atoms with Gasteiger partial charge in [0.1, 0.15) is 23.1 Å². The molecule has 2 unspecified atom stereocenters. The minimum absolute atomic E-state index is 0.0510. The van der Waals surface area contributed by atoms with Gasteiger partial charge < -0.3 is 20.9 Å². The molecule has 1 amide bonds. The molecule has 2 aliphatic rings. The average molecular weight is 443 g/mol. The molecule has 176 valence electrons. The lowest BCUT2D eigenvalue weighted by Gasteiger charge is -2.46. The van der Waals surface area contributed by atoms with Gasteiger partial charge in [0.05, 0.1) is 0 Å². The number of aryl methyl sites for hydroxylation is 1. The molecule has 1 aromatic carbocycles. The maximum Gasteiger partial charge on any atom is 0.328 e. The van der Waals surface area contributed by atoms with E-state index >= 15 is 0 Å². The van der Waals surface area contributed by atoms with Crippen molar-refractivity contribution in [1.82, 2.24) is 0 Å². The fraction of sp³-hybridized carbons (Fsp3) is 0.615. The number of esters is 1. The van der Waals surface area contributed by atoms with Crippen molar-refractivity contribution in [3.05, 3.63) is 34.9 Å². The standard InChI is InChI=1S/C26H38N2O4/c1-5-6-7-8-17-14-21(31-25(30)20(27)11-12-23(28)29)24-18-13-16(2)9-10-19(18)26(3,4)32-22(24)15-17/h13-15,18-20H,5-12,27H2,1-4H3,(H2,28,29)/t18?,19?,20-/m1/s1. The lowest BCUT2D eigenvalue weighted by molar-refractivity contribution is -0.136. The number of allylic oxidation sites excluding steroid dienone is 2. The summed E-state index contributed by atoms with van der Waals surface area (Å²) < 4.78 is 12.4. The van der Waals surface area contributed by atoms with Crippen molar-refractivity contribution < 1.29 is 19.1 Å². The minimum Gasteiger partial charge on any atom is -0.487 e. The Morgan fingerprint density at radius 3 is 2.72 bits per heavy atom. The van der Waals surface area contributed by atoms with E-state index in [0.717, 1.165) is 55.4 Å². The molecule has 3 atom stereocenters. The number of amides is 1. The van der Waals surface area contributed by atoms with Crippen molar-refractivity contribution in [2.45, 2.75) is 96.6 Å². The van der Waals surface area contributed by atoms with Gasteiger partial charge in [-0.2, -0.15) is 0 Å². The fourth-order valence-electron chi connectivity index (χ4n) is 4.97. The third-order valence-corrected chi connectivity index (χ3v) is 6.79. The summed E-state index contributed by atoms with van der Waals surface area (Å²) >= 11 is 0. The SMILES string of the molecule is CCCCCc1cc(OC(=O)[C@H](N)CCC(N)=O)c2c(c1)OC(C)(C)C1CCC(C)=CC21. The molecule has 1 aliphatic carbocycles. The molecule has 0 spiro atoms. The highest BCUT2D eigenvalue weighted by Gasteiger charge is 2.45. The Balaban J connectivity index is 1.99. The fourth-order valence-corrected chi connectivity index (χ4v) is 4.97. The van der Waals surface area contributed by atoms with Crippen LogP contribution in [0.15, 0.2) is 23.8 Å². The molecule has 1 heterocycles. The van der Waals surface area contributed by atoms with E-state index in [1.807, 2.05) is 6.07 Å². The molecule has 6 heteroatoms. The zero-order valence-corrected chi connectivity index (χ0v) is 19.9. The molecule has 3 rings (SSSR count). The third kappa shape index (κ3) is 5.52. The largest absolute Gasteiger partial charge is 0.487 e. The van der Waals surface area contributed by atoms with E-state index in [1.165, 1.54) is 5.57 Å². The van der Waals surface area contributed by atoms with Gasteiger partial charge in [0, 0.05) is 23.8 Å². The number of hydrogen-bond acceptors (Lipinski definition) is 5. The van der Waals surface area contributed by atoms with Crippen molar-refractivity contribution in [2.24, 2.45) is 17.4 Å². The van der Waals surface area contributed by atoms with Crippen LogP contribution in [-0.2, 0) is 16.0 Å². The van der Waals surface area contributed by atoms with Gasteiger partial charge in [-0.25, -0.2) is 4.79 Å². The molecule has 32 heavy (non-hydrogen) atoms. The Morgan fingerprint density at radius 1 is 1.28 bits per heavy atom. The van der Waals surface area contributed by atoms with Crippen molar-refractivity contribution in [2.75, 3.05) is 0 Å². The van der Waals surface area contributed by atoms with Gasteiger partial charge in [-0.1, -0.05) is 31.4 Å². The normalized spacial score (nSPS) is 22.1. The second-order valence-corrected chi connectivity index (χ2v) is 9.88. The highest BCUT2D eigenvalue weighted by molar-refractivity contribution is 5.80. The molecule has 1 aliphatic heterocycles. The maximum absolute atomic E-state index is 12.8. The highest BCUT2D eigenvalue weighted by atomic mass is 16.5. The lowest BCUT2D eigenvalue weighted by atomic mass is 9.68. The number of carbonyl (C=O) groups excluding carboxylic acids is 2. The van der Waals surface area contributed by atoms with E-state index in [2.05, 4.69) is 39.8 Å². The maximum atomic E-state index is 12.8. The first-order valence-electron chi connectivity index (χ1n) is 11.9. The Morgan fingerprint density at radius 2 is 2.03 bits per heavy atom. The van der Waals surface area contributed by atoms with Crippen molar-refractivity contribution >= 4 is 11.9 Å². The van der Waals surface area contributed by atoms with Gasteiger partial charge in [0.15, 0.2) is 0 Å². The van der Waals surface area contributed by atoms with Gasteiger partial charge in [0.2, 0.25) is 5.91 Å². The zero-order chi connectivity index (χ0) is 23.5. The van der Waals surface area contributed by atoms with Crippen LogP contribution in [0.2, 0.25) is 0 Å². The molecule has 0 bridgehead atoms. The molecule has 4 N–H and O–H groups in total. The monoisotopic (exact) mass is 442 g/mol. The number of ether oxygens (including phenoxy) is 2. The second-order valence-electron chi connectivity index (χ2n) is 9.88. The molecule has 1 aromatic rings. The molecule has 0 fully saturated rings. The van der Waals surface area contributed by atoms with Crippen LogP contribution in [-0.4, -0.2) is 23.5 Å². The number of fused-ring (bicyclic) bond motifs is 3. The van der Waals surface area contributed by atoms with E-state index in [-0.39, 0.29) is 24.4 Å². The van der Waals surface area contributed by atoms with Crippen LogP contribution in [0.3, 0.4) is 0 Å². The molecule has 6 nitrogen and oxygen atoms in total. The van der Waals surface area contributed by atoms with Gasteiger partial charge in [0.25, 0.3) is 0 Å². The second kappa shape index (κ2) is 10.1. The van der Waals surface area contributed by atoms with Crippen LogP contribution in [0, 0.1) is 5.92 Å². The third-order valence-electron chi connectivity index (χ3n) is 6.79. The smallest absolute Gasteiger partial charge is 0.328 e. The first kappa shape index (κ1) is 24.3. The van der Waals surface area contributed by atoms with Gasteiger partial charge >= 0.3 is 5.97 Å². The van der Waals surface area contributed by atoms with E-state index < -0.39 is 17.9 Å². The minimum atomic E-state index is -0.901. The van der Waals surface area contributed by atoms with Gasteiger partial charge in [-0.15, -0.1) is 0 Å². The van der Waals surface area contributed by atoms with Crippen LogP contribution in [0.1, 0.15) is 89.7 Å². The summed E-state index contributed by atoms with van der Waals surface area (Å²) in [4.78, 5) is 23.9. The quantitative estimate of drug-likeness (QED) is 0.253. The lowest BCUT2D eigenvalue weighted by Crippen LogP contribution is -2.45. The first-order chi connectivity index (χ1) is 15.1. The summed E-state index contributed by atoms with van der Waals surface area (Å²) in [5.74, 6) is 0.721. The van der Waals surface area contributed by atoms with Crippen molar-refractivity contribution in [3.8, 4) is 11.5 Å². The number of nitrogens with two attached hydrogens (primary N) is 2. The number of carbonyl (C=O) groups is 2. The van der Waals surface area contributed by atoms with Crippen molar-refractivity contribution in [3.63, 3.8) is 0 Å². The predicted octanol–water partition coefficient (Wildman–Crippen LogP) is 4.53. The van der Waals surface area contributed by atoms with Crippen LogP contribution in [0.25, 0.3) is 0 Å². The summed E-state index contributed by atoms with van der Waals surface area (Å²) in [5, 5.41) is 0. The van der Waals surface area contributed by atoms with Gasteiger partial charge in [-0.3, -0.25) is 4.79 Å². The van der Waals surface area contributed by atoms with E-state index in [0.29, 0.717) is 11.7 Å². The van der Waals surface area contributed by atoms with Crippen LogP contribution in [0.5, 0.6) is 11.5 Å². The first-order valence-corrected chi connectivity index (χ1v) is 11.9. The van der Waals surface area contributed by atoms with E-state index in [4.69, 9.17) is 20.9 Å². The number of unbranched alkanes of at least 4 members (excludes halogenated alkanes) is 2. The summed E-state index contributed by atoms with van der Waals surface area (Å²) in [7, 11) is 0. The average Bonchev–Trinajstić information content (AvgIpc) is 2.71. The summed E-state index contributed by atoms with van der Waals surface area (Å²) in [6.45, 7) is 8.63. The van der Waals surface area contributed by atoms with Crippen LogP contribution in [0.4, 0.5) is 0 Å². The summed E-state index contributed by atoms with van der Waals surface area (Å²) in [6, 6.07) is 3.19. The topological polar surface area (TPSA) is 105 Å². The highest BCUT2D eigenvalue weighted by Crippen LogP contribution is 2.53. The number of primary amides is 1. The van der Waals surface area contributed by atoms with Crippen LogP contribution >= 0.6 is 0 Å². The summed E-state index contributed by atoms with van der Waals surface area (Å²) in [6.07, 6.45) is 8.84.